The number of thiophene rings is 1. The molecule has 0 bridgehead atoms. The third-order valence-corrected chi connectivity index (χ3v) is 4.15. The molecule has 0 saturated carbocycles. The maximum atomic E-state index is 11.1. The van der Waals surface area contributed by atoms with Crippen molar-refractivity contribution in [3.8, 4) is 0 Å². The molecule has 0 atom stereocenters. The molecule has 0 aliphatic heterocycles. The fourth-order valence-corrected chi connectivity index (χ4v) is 3.04. The van der Waals surface area contributed by atoms with Gasteiger partial charge in [-0.3, -0.25) is 0 Å². The Bertz CT molecular complexity index is 754. The Hall–Kier alpha value is -2.07. The van der Waals surface area contributed by atoms with Crippen molar-refractivity contribution in [3.63, 3.8) is 0 Å². The van der Waals surface area contributed by atoms with Crippen LogP contribution in [0.3, 0.4) is 0 Å². The first-order valence-electron chi connectivity index (χ1n) is 6.00. The minimum atomic E-state index is -0.850. The van der Waals surface area contributed by atoms with Crippen LogP contribution in [-0.2, 0) is 6.54 Å². The summed E-state index contributed by atoms with van der Waals surface area (Å²) in [6, 6.07) is 10.2. The lowest BCUT2D eigenvalue weighted by molar-refractivity contribution is 0.0701. The monoisotopic (exact) mass is 271 g/mol. The van der Waals surface area contributed by atoms with Gasteiger partial charge in [0.05, 0.1) is 0 Å². The van der Waals surface area contributed by atoms with E-state index in [9.17, 15) is 4.79 Å². The van der Waals surface area contributed by atoms with Gasteiger partial charge in [-0.1, -0.05) is 11.6 Å². The molecule has 3 nitrogen and oxygen atoms in total. The molecule has 1 aromatic carbocycles. The predicted molar refractivity (Wildman–Crippen MR) is 77.1 cm³/mol. The van der Waals surface area contributed by atoms with Gasteiger partial charge < -0.3 is 9.67 Å². The summed E-state index contributed by atoms with van der Waals surface area (Å²) in [5.74, 6) is -0.850. The molecule has 96 valence electrons. The van der Waals surface area contributed by atoms with Crippen LogP contribution in [0.25, 0.3) is 10.9 Å². The van der Waals surface area contributed by atoms with Crippen molar-refractivity contribution in [2.24, 2.45) is 0 Å². The van der Waals surface area contributed by atoms with Gasteiger partial charge in [0.1, 0.15) is 4.88 Å². The van der Waals surface area contributed by atoms with Crippen molar-refractivity contribution in [1.29, 1.82) is 0 Å². The van der Waals surface area contributed by atoms with Gasteiger partial charge in [0.15, 0.2) is 0 Å². The smallest absolute Gasteiger partial charge is 0.346 e. The number of nitrogens with zero attached hydrogens (tertiary/aromatic N) is 1. The molecule has 0 aliphatic carbocycles. The summed E-state index contributed by atoms with van der Waals surface area (Å²) < 4.78 is 2.09. The molecule has 0 aliphatic rings. The first-order chi connectivity index (χ1) is 9.15. The van der Waals surface area contributed by atoms with E-state index in [-0.39, 0.29) is 0 Å². The Kier molecular flexibility index (Phi) is 2.87. The van der Waals surface area contributed by atoms with Crippen LogP contribution in [0.15, 0.2) is 41.9 Å². The SMILES string of the molecule is Cc1ccc2c(ccn2Cc2ccsc2C(=O)O)c1. The number of hydrogen-bond acceptors (Lipinski definition) is 2. The van der Waals surface area contributed by atoms with Crippen LogP contribution in [-0.4, -0.2) is 15.6 Å². The second-order valence-corrected chi connectivity index (χ2v) is 5.50. The summed E-state index contributed by atoms with van der Waals surface area (Å²) in [4.78, 5) is 11.5. The molecular weight excluding hydrogens is 258 g/mol. The molecule has 4 heteroatoms. The highest BCUT2D eigenvalue weighted by Gasteiger charge is 2.12. The van der Waals surface area contributed by atoms with Crippen LogP contribution in [0.1, 0.15) is 20.8 Å². The number of benzene rings is 1. The van der Waals surface area contributed by atoms with Crippen LogP contribution in [0.4, 0.5) is 0 Å². The lowest BCUT2D eigenvalue weighted by Crippen LogP contribution is -2.03. The summed E-state index contributed by atoms with van der Waals surface area (Å²) in [6.45, 7) is 2.66. The Labute approximate surface area is 114 Å². The van der Waals surface area contributed by atoms with Gasteiger partial charge in [0.2, 0.25) is 0 Å². The van der Waals surface area contributed by atoms with Crippen molar-refractivity contribution in [2.75, 3.05) is 0 Å². The van der Waals surface area contributed by atoms with Gasteiger partial charge >= 0.3 is 5.97 Å². The van der Waals surface area contributed by atoms with E-state index in [1.807, 2.05) is 17.6 Å². The van der Waals surface area contributed by atoms with Crippen LogP contribution in [0, 0.1) is 6.92 Å². The van der Waals surface area contributed by atoms with Crippen molar-refractivity contribution in [1.82, 2.24) is 4.57 Å². The lowest BCUT2D eigenvalue weighted by Gasteiger charge is -2.05. The van der Waals surface area contributed by atoms with Crippen molar-refractivity contribution in [2.45, 2.75) is 13.5 Å². The van der Waals surface area contributed by atoms with E-state index >= 15 is 0 Å². The summed E-state index contributed by atoms with van der Waals surface area (Å²) in [5, 5.41) is 12.1. The minimum Gasteiger partial charge on any atom is -0.477 e. The average molecular weight is 271 g/mol. The Morgan fingerprint density at radius 3 is 2.95 bits per heavy atom. The lowest BCUT2D eigenvalue weighted by atomic mass is 10.2. The van der Waals surface area contributed by atoms with Gasteiger partial charge in [0, 0.05) is 18.3 Å². The first kappa shape index (κ1) is 12.0. The number of fused-ring (bicyclic) bond motifs is 1. The molecule has 2 aromatic heterocycles. The van der Waals surface area contributed by atoms with Crippen molar-refractivity contribution < 1.29 is 9.90 Å². The van der Waals surface area contributed by atoms with Crippen LogP contribution >= 0.6 is 11.3 Å². The number of aryl methyl sites for hydroxylation is 1. The van der Waals surface area contributed by atoms with E-state index in [0.717, 1.165) is 11.1 Å². The summed E-state index contributed by atoms with van der Waals surface area (Å²) in [5.41, 5.74) is 3.22. The zero-order valence-corrected chi connectivity index (χ0v) is 11.3. The fourth-order valence-electron chi connectivity index (χ4n) is 2.29. The highest BCUT2D eigenvalue weighted by atomic mass is 32.1. The number of hydrogen-bond donors (Lipinski definition) is 1. The molecule has 0 spiro atoms. The third-order valence-electron chi connectivity index (χ3n) is 3.21. The normalized spacial score (nSPS) is 11.0. The maximum absolute atomic E-state index is 11.1. The number of carboxylic acids is 1. The quantitative estimate of drug-likeness (QED) is 0.788. The minimum absolute atomic E-state index is 0.425. The van der Waals surface area contributed by atoms with Gasteiger partial charge in [-0.25, -0.2) is 4.79 Å². The fraction of sp³-hybridized carbons (Fsp3) is 0.133. The van der Waals surface area contributed by atoms with E-state index < -0.39 is 5.97 Å². The topological polar surface area (TPSA) is 42.2 Å². The average Bonchev–Trinajstić information content (AvgIpc) is 2.97. The number of rotatable bonds is 3. The zero-order valence-electron chi connectivity index (χ0n) is 10.5. The molecule has 3 aromatic rings. The standard InChI is InChI=1S/C15H13NO2S/c1-10-2-3-13-11(8-10)4-6-16(13)9-12-5-7-19-14(12)15(17)18/h2-8H,9H2,1H3,(H,17,18). The Balaban J connectivity index is 2.01. The van der Waals surface area contributed by atoms with E-state index in [4.69, 9.17) is 5.11 Å². The molecule has 0 unspecified atom stereocenters. The molecule has 1 N–H and O–H groups in total. The van der Waals surface area contributed by atoms with Gasteiger partial charge in [-0.15, -0.1) is 11.3 Å². The van der Waals surface area contributed by atoms with E-state index in [0.29, 0.717) is 11.4 Å². The second kappa shape index (κ2) is 4.55. The van der Waals surface area contributed by atoms with Crippen LogP contribution in [0.2, 0.25) is 0 Å². The maximum Gasteiger partial charge on any atom is 0.346 e. The van der Waals surface area contributed by atoms with Gasteiger partial charge in [-0.05, 0) is 47.5 Å². The second-order valence-electron chi connectivity index (χ2n) is 4.59. The van der Waals surface area contributed by atoms with E-state index in [2.05, 4.69) is 35.8 Å². The number of aromatic nitrogens is 1. The van der Waals surface area contributed by atoms with Crippen molar-refractivity contribution in [3.05, 3.63) is 57.9 Å². The molecule has 3 rings (SSSR count). The summed E-state index contributed by atoms with van der Waals surface area (Å²) in [7, 11) is 0. The van der Waals surface area contributed by atoms with Gasteiger partial charge in [0.25, 0.3) is 0 Å². The van der Waals surface area contributed by atoms with Gasteiger partial charge in [-0.2, -0.15) is 0 Å². The highest BCUT2D eigenvalue weighted by Crippen LogP contribution is 2.22. The van der Waals surface area contributed by atoms with Crippen molar-refractivity contribution >= 4 is 28.2 Å². The molecule has 19 heavy (non-hydrogen) atoms. The molecule has 0 fully saturated rings. The number of aromatic carboxylic acids is 1. The molecule has 0 radical (unpaired) electrons. The summed E-state index contributed by atoms with van der Waals surface area (Å²) in [6.07, 6.45) is 2.01. The molecule has 2 heterocycles. The highest BCUT2D eigenvalue weighted by molar-refractivity contribution is 7.12. The molecular formula is C15H13NO2S. The van der Waals surface area contributed by atoms with Crippen LogP contribution in [0.5, 0.6) is 0 Å². The first-order valence-corrected chi connectivity index (χ1v) is 6.88. The number of carboxylic acid groups (broad SMARTS) is 1. The summed E-state index contributed by atoms with van der Waals surface area (Å²) >= 11 is 1.27. The number of carbonyl (C=O) groups is 1. The molecule has 0 saturated heterocycles. The zero-order chi connectivity index (χ0) is 13.4. The third kappa shape index (κ3) is 2.15. The Morgan fingerprint density at radius 1 is 1.32 bits per heavy atom. The van der Waals surface area contributed by atoms with Crippen LogP contribution < -0.4 is 0 Å². The predicted octanol–water partition coefficient (Wildman–Crippen LogP) is 3.76. The van der Waals surface area contributed by atoms with E-state index in [1.165, 1.54) is 22.3 Å². The Morgan fingerprint density at radius 2 is 2.16 bits per heavy atom. The largest absolute Gasteiger partial charge is 0.477 e. The molecule has 0 amide bonds. The van der Waals surface area contributed by atoms with E-state index in [1.54, 1.807) is 0 Å².